The van der Waals surface area contributed by atoms with E-state index in [2.05, 4.69) is 9.97 Å². The quantitative estimate of drug-likeness (QED) is 0.734. The summed E-state index contributed by atoms with van der Waals surface area (Å²) in [6, 6.07) is 17.9. The SMILES string of the molecule is O=C(Cc1ccccc1)c1ccc(C(=O)c2ccccn2)[nH]1. The molecule has 22 heavy (non-hydrogen) atoms. The van der Waals surface area contributed by atoms with Gasteiger partial charge < -0.3 is 4.98 Å². The molecular weight excluding hydrogens is 276 g/mol. The zero-order chi connectivity index (χ0) is 15.4. The summed E-state index contributed by atoms with van der Waals surface area (Å²) in [5.74, 6) is -0.273. The molecule has 0 saturated carbocycles. The third-order valence-electron chi connectivity index (χ3n) is 3.34. The number of pyridine rings is 1. The maximum atomic E-state index is 12.2. The molecule has 4 heteroatoms. The molecule has 0 spiro atoms. The van der Waals surface area contributed by atoms with Gasteiger partial charge in [0.2, 0.25) is 5.78 Å². The Morgan fingerprint density at radius 2 is 1.59 bits per heavy atom. The number of aromatic nitrogens is 2. The molecule has 0 aliphatic rings. The Bertz CT molecular complexity index is 792. The van der Waals surface area contributed by atoms with Crippen molar-refractivity contribution >= 4 is 11.6 Å². The summed E-state index contributed by atoms with van der Waals surface area (Å²) < 4.78 is 0. The molecule has 0 saturated heterocycles. The third-order valence-corrected chi connectivity index (χ3v) is 3.34. The molecule has 4 nitrogen and oxygen atoms in total. The van der Waals surface area contributed by atoms with Crippen LogP contribution in [0.4, 0.5) is 0 Å². The van der Waals surface area contributed by atoms with Crippen molar-refractivity contribution < 1.29 is 9.59 Å². The number of nitrogens with zero attached hydrogens (tertiary/aromatic N) is 1. The number of Topliss-reactive ketones (excluding diaryl/α,β-unsaturated/α-hetero) is 1. The van der Waals surface area contributed by atoms with E-state index in [-0.39, 0.29) is 11.6 Å². The van der Waals surface area contributed by atoms with Crippen LogP contribution >= 0.6 is 0 Å². The zero-order valence-corrected chi connectivity index (χ0v) is 11.8. The lowest BCUT2D eigenvalue weighted by Gasteiger charge is -2.00. The van der Waals surface area contributed by atoms with Crippen LogP contribution in [0.2, 0.25) is 0 Å². The smallest absolute Gasteiger partial charge is 0.227 e. The number of H-pyrrole nitrogens is 1. The van der Waals surface area contributed by atoms with E-state index in [1.165, 1.54) is 0 Å². The highest BCUT2D eigenvalue weighted by atomic mass is 16.1. The van der Waals surface area contributed by atoms with E-state index in [1.807, 2.05) is 30.3 Å². The Morgan fingerprint density at radius 1 is 0.864 bits per heavy atom. The van der Waals surface area contributed by atoms with E-state index in [4.69, 9.17) is 0 Å². The van der Waals surface area contributed by atoms with Gasteiger partial charge in [0.25, 0.3) is 0 Å². The van der Waals surface area contributed by atoms with Crippen LogP contribution in [0, 0.1) is 0 Å². The van der Waals surface area contributed by atoms with Crippen molar-refractivity contribution in [2.75, 3.05) is 0 Å². The molecule has 1 N–H and O–H groups in total. The van der Waals surface area contributed by atoms with Crippen LogP contribution in [0.1, 0.15) is 32.2 Å². The molecule has 0 aliphatic heterocycles. The van der Waals surface area contributed by atoms with Crippen molar-refractivity contribution in [3.63, 3.8) is 0 Å². The predicted molar refractivity (Wildman–Crippen MR) is 82.9 cm³/mol. The number of benzene rings is 1. The maximum Gasteiger partial charge on any atom is 0.227 e. The lowest BCUT2D eigenvalue weighted by molar-refractivity contribution is 0.0989. The lowest BCUT2D eigenvalue weighted by atomic mass is 10.1. The first-order valence-corrected chi connectivity index (χ1v) is 6.96. The molecule has 0 atom stereocenters. The number of hydrogen-bond donors (Lipinski definition) is 1. The van der Waals surface area contributed by atoms with Crippen molar-refractivity contribution in [2.24, 2.45) is 0 Å². The predicted octanol–water partition coefficient (Wildman–Crippen LogP) is 3.07. The van der Waals surface area contributed by atoms with Gasteiger partial charge in [-0.25, -0.2) is 0 Å². The van der Waals surface area contributed by atoms with Crippen LogP contribution in [0.25, 0.3) is 0 Å². The van der Waals surface area contributed by atoms with Crippen LogP contribution in [-0.4, -0.2) is 21.5 Å². The standard InChI is InChI=1S/C18H14N2O2/c21-17(12-13-6-2-1-3-7-13)14-9-10-16(20-14)18(22)15-8-4-5-11-19-15/h1-11,20H,12H2. The summed E-state index contributed by atoms with van der Waals surface area (Å²) >= 11 is 0. The van der Waals surface area contributed by atoms with E-state index in [9.17, 15) is 9.59 Å². The summed E-state index contributed by atoms with van der Waals surface area (Å²) in [6.07, 6.45) is 1.87. The van der Waals surface area contributed by atoms with E-state index in [1.54, 1.807) is 36.5 Å². The second kappa shape index (κ2) is 6.18. The molecule has 0 fully saturated rings. The molecule has 0 bridgehead atoms. The van der Waals surface area contributed by atoms with Gasteiger partial charge in [0.1, 0.15) is 5.69 Å². The van der Waals surface area contributed by atoms with Gasteiger partial charge in [0.05, 0.1) is 11.4 Å². The minimum atomic E-state index is -0.223. The number of hydrogen-bond acceptors (Lipinski definition) is 3. The molecule has 0 radical (unpaired) electrons. The highest BCUT2D eigenvalue weighted by Gasteiger charge is 2.15. The Morgan fingerprint density at radius 3 is 2.32 bits per heavy atom. The van der Waals surface area contributed by atoms with Crippen LogP contribution in [0.5, 0.6) is 0 Å². The molecular formula is C18H14N2O2. The number of aromatic amines is 1. The number of carbonyl (C=O) groups excluding carboxylic acids is 2. The summed E-state index contributed by atoms with van der Waals surface area (Å²) in [7, 11) is 0. The van der Waals surface area contributed by atoms with E-state index in [0.29, 0.717) is 23.5 Å². The fraction of sp³-hybridized carbons (Fsp3) is 0.0556. The number of carbonyl (C=O) groups is 2. The van der Waals surface area contributed by atoms with Crippen molar-refractivity contribution in [3.8, 4) is 0 Å². The third kappa shape index (κ3) is 3.01. The Labute approximate surface area is 127 Å². The van der Waals surface area contributed by atoms with Crippen LogP contribution in [0.3, 0.4) is 0 Å². The fourth-order valence-corrected chi connectivity index (χ4v) is 2.20. The van der Waals surface area contributed by atoms with Crippen molar-refractivity contribution in [2.45, 2.75) is 6.42 Å². The molecule has 3 aromatic rings. The molecule has 2 heterocycles. The summed E-state index contributed by atoms with van der Waals surface area (Å²) in [5, 5.41) is 0. The maximum absolute atomic E-state index is 12.2. The highest BCUT2D eigenvalue weighted by molar-refractivity contribution is 6.07. The van der Waals surface area contributed by atoms with Gasteiger partial charge in [-0.15, -0.1) is 0 Å². The molecule has 1 aromatic carbocycles. The van der Waals surface area contributed by atoms with Crippen molar-refractivity contribution in [3.05, 3.63) is 89.5 Å². The van der Waals surface area contributed by atoms with Crippen LogP contribution in [0.15, 0.2) is 66.9 Å². The summed E-state index contributed by atoms with van der Waals surface area (Å²) in [6.45, 7) is 0. The average molecular weight is 290 g/mol. The van der Waals surface area contributed by atoms with Gasteiger partial charge in [0, 0.05) is 12.6 Å². The van der Waals surface area contributed by atoms with Gasteiger partial charge in [-0.1, -0.05) is 36.4 Å². The molecule has 2 aromatic heterocycles. The van der Waals surface area contributed by atoms with E-state index in [0.717, 1.165) is 5.56 Å². The monoisotopic (exact) mass is 290 g/mol. The minimum Gasteiger partial charge on any atom is -0.349 e. The number of nitrogens with one attached hydrogen (secondary N) is 1. The van der Waals surface area contributed by atoms with Crippen molar-refractivity contribution in [1.82, 2.24) is 9.97 Å². The second-order valence-corrected chi connectivity index (χ2v) is 4.92. The Kier molecular flexibility index (Phi) is 3.92. The minimum absolute atomic E-state index is 0.0497. The van der Waals surface area contributed by atoms with Crippen LogP contribution < -0.4 is 0 Å². The zero-order valence-electron chi connectivity index (χ0n) is 11.8. The normalized spacial score (nSPS) is 10.4. The highest BCUT2D eigenvalue weighted by Crippen LogP contribution is 2.11. The lowest BCUT2D eigenvalue weighted by Crippen LogP contribution is -2.07. The van der Waals surface area contributed by atoms with Gasteiger partial charge >= 0.3 is 0 Å². The Hall–Kier alpha value is -3.01. The molecule has 108 valence electrons. The van der Waals surface area contributed by atoms with Gasteiger partial charge in [-0.2, -0.15) is 0 Å². The summed E-state index contributed by atoms with van der Waals surface area (Å²) in [4.78, 5) is 31.4. The average Bonchev–Trinajstić information content (AvgIpc) is 3.06. The first-order valence-electron chi connectivity index (χ1n) is 6.96. The molecule has 0 amide bonds. The first kappa shape index (κ1) is 13.9. The molecule has 0 unspecified atom stereocenters. The van der Waals surface area contributed by atoms with E-state index >= 15 is 0 Å². The topological polar surface area (TPSA) is 62.8 Å². The molecule has 0 aliphatic carbocycles. The van der Waals surface area contributed by atoms with Crippen molar-refractivity contribution in [1.29, 1.82) is 0 Å². The second-order valence-electron chi connectivity index (χ2n) is 4.92. The molecule has 3 rings (SSSR count). The first-order chi connectivity index (χ1) is 10.7. The van der Waals surface area contributed by atoms with Gasteiger partial charge in [-0.3, -0.25) is 14.6 Å². The van der Waals surface area contributed by atoms with E-state index < -0.39 is 0 Å². The van der Waals surface area contributed by atoms with Gasteiger partial charge in [-0.05, 0) is 29.8 Å². The Balaban J connectivity index is 1.76. The van der Waals surface area contributed by atoms with Gasteiger partial charge in [0.15, 0.2) is 5.78 Å². The van der Waals surface area contributed by atoms with Crippen LogP contribution in [-0.2, 0) is 6.42 Å². The number of rotatable bonds is 5. The fourth-order valence-electron chi connectivity index (χ4n) is 2.20. The number of ketones is 2. The summed E-state index contributed by atoms with van der Waals surface area (Å²) in [5.41, 5.74) is 2.10. The largest absolute Gasteiger partial charge is 0.349 e.